The summed E-state index contributed by atoms with van der Waals surface area (Å²) in [7, 11) is 0. The standard InChI is InChI=1S/C15H24N2O2/c1-4-17(5-2)14-9-7-13(8-10-14)16-15(19)11-6-12(3)18/h7-10,12,18H,4-6,11H2,1-3H3,(H,16,19). The maximum absolute atomic E-state index is 11.6. The summed E-state index contributed by atoms with van der Waals surface area (Å²) in [6.07, 6.45) is 0.398. The van der Waals surface area contributed by atoms with E-state index < -0.39 is 6.10 Å². The number of aliphatic hydroxyl groups is 1. The van der Waals surface area contributed by atoms with Crippen molar-refractivity contribution in [3.63, 3.8) is 0 Å². The number of nitrogens with zero attached hydrogens (tertiary/aromatic N) is 1. The van der Waals surface area contributed by atoms with E-state index in [2.05, 4.69) is 24.1 Å². The second-order valence-corrected chi connectivity index (χ2v) is 4.66. The monoisotopic (exact) mass is 264 g/mol. The molecule has 0 aliphatic carbocycles. The number of hydrogen-bond acceptors (Lipinski definition) is 3. The number of hydrogen-bond donors (Lipinski definition) is 2. The molecule has 1 aromatic carbocycles. The molecule has 4 heteroatoms. The van der Waals surface area contributed by atoms with E-state index in [4.69, 9.17) is 5.11 Å². The van der Waals surface area contributed by atoms with Crippen LogP contribution in [0.3, 0.4) is 0 Å². The Morgan fingerprint density at radius 3 is 2.32 bits per heavy atom. The van der Waals surface area contributed by atoms with Crippen molar-refractivity contribution in [1.82, 2.24) is 0 Å². The highest BCUT2D eigenvalue weighted by atomic mass is 16.3. The quantitative estimate of drug-likeness (QED) is 0.796. The Morgan fingerprint density at radius 1 is 1.26 bits per heavy atom. The first-order chi connectivity index (χ1) is 9.06. The first-order valence-corrected chi connectivity index (χ1v) is 6.89. The van der Waals surface area contributed by atoms with Crippen molar-refractivity contribution in [1.29, 1.82) is 0 Å². The largest absolute Gasteiger partial charge is 0.393 e. The van der Waals surface area contributed by atoms with Crippen LogP contribution in [-0.2, 0) is 4.79 Å². The van der Waals surface area contributed by atoms with Crippen molar-refractivity contribution in [3.05, 3.63) is 24.3 Å². The van der Waals surface area contributed by atoms with Gasteiger partial charge in [0.15, 0.2) is 0 Å². The first kappa shape index (κ1) is 15.5. The molecule has 1 rings (SSSR count). The lowest BCUT2D eigenvalue weighted by Gasteiger charge is -2.21. The summed E-state index contributed by atoms with van der Waals surface area (Å²) in [6, 6.07) is 7.84. The van der Waals surface area contributed by atoms with Crippen LogP contribution in [0.25, 0.3) is 0 Å². The van der Waals surface area contributed by atoms with Crippen LogP contribution in [-0.4, -0.2) is 30.2 Å². The van der Waals surface area contributed by atoms with Crippen LogP contribution in [0.2, 0.25) is 0 Å². The highest BCUT2D eigenvalue weighted by Crippen LogP contribution is 2.17. The fourth-order valence-electron chi connectivity index (χ4n) is 1.91. The third-order valence-corrected chi connectivity index (χ3v) is 3.07. The van der Waals surface area contributed by atoms with Crippen LogP contribution in [0.4, 0.5) is 11.4 Å². The predicted octanol–water partition coefficient (Wildman–Crippen LogP) is 2.63. The molecule has 1 atom stereocenters. The topological polar surface area (TPSA) is 52.6 Å². The summed E-state index contributed by atoms with van der Waals surface area (Å²) in [4.78, 5) is 13.9. The van der Waals surface area contributed by atoms with Crippen molar-refractivity contribution in [2.45, 2.75) is 39.7 Å². The zero-order valence-electron chi connectivity index (χ0n) is 12.0. The molecule has 0 aromatic heterocycles. The molecular weight excluding hydrogens is 240 g/mol. The van der Waals surface area contributed by atoms with E-state index in [1.807, 2.05) is 24.3 Å². The van der Waals surface area contributed by atoms with Gasteiger partial charge in [-0.2, -0.15) is 0 Å². The molecule has 0 saturated carbocycles. The van der Waals surface area contributed by atoms with Crippen LogP contribution >= 0.6 is 0 Å². The SMILES string of the molecule is CCN(CC)c1ccc(NC(=O)CCC(C)O)cc1. The summed E-state index contributed by atoms with van der Waals surface area (Å²) >= 11 is 0. The lowest BCUT2D eigenvalue weighted by atomic mass is 10.2. The average Bonchev–Trinajstić information content (AvgIpc) is 2.40. The molecule has 4 nitrogen and oxygen atoms in total. The highest BCUT2D eigenvalue weighted by Gasteiger charge is 2.06. The smallest absolute Gasteiger partial charge is 0.224 e. The van der Waals surface area contributed by atoms with E-state index in [1.165, 1.54) is 0 Å². The minimum Gasteiger partial charge on any atom is -0.393 e. The van der Waals surface area contributed by atoms with Crippen LogP contribution in [0.5, 0.6) is 0 Å². The Kier molecular flexibility index (Phi) is 6.36. The van der Waals surface area contributed by atoms with Gasteiger partial charge >= 0.3 is 0 Å². The summed E-state index contributed by atoms with van der Waals surface area (Å²) < 4.78 is 0. The average molecular weight is 264 g/mol. The summed E-state index contributed by atoms with van der Waals surface area (Å²) in [5, 5.41) is 12.0. The first-order valence-electron chi connectivity index (χ1n) is 6.89. The number of aliphatic hydroxyl groups excluding tert-OH is 1. The minimum atomic E-state index is -0.434. The predicted molar refractivity (Wildman–Crippen MR) is 79.5 cm³/mol. The summed E-state index contributed by atoms with van der Waals surface area (Å²) in [5.74, 6) is -0.0588. The Labute approximate surface area is 115 Å². The Hall–Kier alpha value is -1.55. The molecule has 0 radical (unpaired) electrons. The zero-order valence-corrected chi connectivity index (χ0v) is 12.0. The van der Waals surface area contributed by atoms with Gasteiger partial charge in [-0.1, -0.05) is 0 Å². The van der Waals surface area contributed by atoms with Crippen molar-refractivity contribution in [3.8, 4) is 0 Å². The molecule has 0 saturated heterocycles. The minimum absolute atomic E-state index is 0.0588. The van der Waals surface area contributed by atoms with Crippen molar-refractivity contribution < 1.29 is 9.90 Å². The van der Waals surface area contributed by atoms with Crippen LogP contribution < -0.4 is 10.2 Å². The number of carbonyl (C=O) groups is 1. The Morgan fingerprint density at radius 2 is 1.84 bits per heavy atom. The van der Waals surface area contributed by atoms with Gasteiger partial charge < -0.3 is 15.3 Å². The number of benzene rings is 1. The van der Waals surface area contributed by atoms with Gasteiger partial charge in [0.2, 0.25) is 5.91 Å². The lowest BCUT2D eigenvalue weighted by molar-refractivity contribution is -0.116. The molecule has 1 aromatic rings. The zero-order chi connectivity index (χ0) is 14.3. The molecule has 106 valence electrons. The van der Waals surface area contributed by atoms with Crippen molar-refractivity contribution >= 4 is 17.3 Å². The van der Waals surface area contributed by atoms with Crippen molar-refractivity contribution in [2.75, 3.05) is 23.3 Å². The van der Waals surface area contributed by atoms with E-state index in [0.29, 0.717) is 12.8 Å². The van der Waals surface area contributed by atoms with Gasteiger partial charge in [-0.05, 0) is 51.5 Å². The van der Waals surface area contributed by atoms with E-state index in [9.17, 15) is 4.79 Å². The molecule has 19 heavy (non-hydrogen) atoms. The molecular formula is C15H24N2O2. The molecule has 1 amide bonds. The maximum atomic E-state index is 11.6. The molecule has 0 fully saturated rings. The highest BCUT2D eigenvalue weighted by molar-refractivity contribution is 5.90. The van der Waals surface area contributed by atoms with Crippen LogP contribution in [0.1, 0.15) is 33.6 Å². The lowest BCUT2D eigenvalue weighted by Crippen LogP contribution is -2.21. The number of anilines is 2. The second kappa shape index (κ2) is 7.79. The molecule has 0 heterocycles. The Bertz CT molecular complexity index is 384. The van der Waals surface area contributed by atoms with Crippen LogP contribution in [0.15, 0.2) is 24.3 Å². The van der Waals surface area contributed by atoms with Gasteiger partial charge in [-0.15, -0.1) is 0 Å². The van der Waals surface area contributed by atoms with Crippen molar-refractivity contribution in [2.24, 2.45) is 0 Å². The third-order valence-electron chi connectivity index (χ3n) is 3.07. The molecule has 0 bridgehead atoms. The molecule has 2 N–H and O–H groups in total. The fraction of sp³-hybridized carbons (Fsp3) is 0.533. The van der Waals surface area contributed by atoms with E-state index in [0.717, 1.165) is 24.5 Å². The van der Waals surface area contributed by atoms with Crippen LogP contribution in [0, 0.1) is 0 Å². The third kappa shape index (κ3) is 5.30. The molecule has 0 spiro atoms. The maximum Gasteiger partial charge on any atom is 0.224 e. The van der Waals surface area contributed by atoms with Gasteiger partial charge in [0.05, 0.1) is 6.10 Å². The van der Waals surface area contributed by atoms with E-state index in [1.54, 1.807) is 6.92 Å². The molecule has 1 unspecified atom stereocenters. The molecule has 0 aliphatic heterocycles. The number of amides is 1. The van der Waals surface area contributed by atoms with Gasteiger partial charge in [0.1, 0.15) is 0 Å². The van der Waals surface area contributed by atoms with Gasteiger partial charge in [-0.25, -0.2) is 0 Å². The second-order valence-electron chi connectivity index (χ2n) is 4.66. The van der Waals surface area contributed by atoms with Gasteiger partial charge in [0.25, 0.3) is 0 Å². The number of rotatable bonds is 7. The van der Waals surface area contributed by atoms with E-state index >= 15 is 0 Å². The fourth-order valence-corrected chi connectivity index (χ4v) is 1.91. The summed E-state index contributed by atoms with van der Waals surface area (Å²) in [5.41, 5.74) is 1.96. The van der Waals surface area contributed by atoms with Gasteiger partial charge in [0, 0.05) is 30.9 Å². The normalized spacial score (nSPS) is 12.0. The number of carbonyl (C=O) groups excluding carboxylic acids is 1. The van der Waals surface area contributed by atoms with Gasteiger partial charge in [-0.3, -0.25) is 4.79 Å². The Balaban J connectivity index is 2.54. The number of nitrogens with one attached hydrogen (secondary N) is 1. The molecule has 0 aliphatic rings. The summed E-state index contributed by atoms with van der Waals surface area (Å²) in [6.45, 7) is 7.86. The van der Waals surface area contributed by atoms with E-state index in [-0.39, 0.29) is 5.91 Å².